The molecule has 0 aromatic carbocycles. The first-order chi connectivity index (χ1) is 9.41. The van der Waals surface area contributed by atoms with Crippen molar-refractivity contribution in [3.8, 4) is 0 Å². The molecular weight excluding hydrogens is 274 g/mol. The van der Waals surface area contributed by atoms with Gasteiger partial charge in [0.15, 0.2) is 9.84 Å². The van der Waals surface area contributed by atoms with E-state index in [9.17, 15) is 8.42 Å². The van der Waals surface area contributed by atoms with Gasteiger partial charge in [-0.15, -0.1) is 0 Å². The maximum absolute atomic E-state index is 11.5. The smallest absolute Gasteiger partial charge is 0.153 e. The fourth-order valence-electron chi connectivity index (χ4n) is 2.30. The molecule has 0 atom stereocenters. The number of sulfone groups is 1. The van der Waals surface area contributed by atoms with E-state index in [0.29, 0.717) is 19.0 Å². The van der Waals surface area contributed by atoms with Crippen LogP contribution in [0.25, 0.3) is 0 Å². The molecule has 2 rings (SSSR count). The highest BCUT2D eigenvalue weighted by Gasteiger charge is 2.23. The number of anilines is 1. The summed E-state index contributed by atoms with van der Waals surface area (Å²) in [5, 5.41) is 3.15. The van der Waals surface area contributed by atoms with Gasteiger partial charge in [0.05, 0.1) is 11.5 Å². The van der Waals surface area contributed by atoms with Gasteiger partial charge in [0.1, 0.15) is 5.82 Å². The maximum Gasteiger partial charge on any atom is 0.153 e. The minimum absolute atomic E-state index is 0.224. The highest BCUT2D eigenvalue weighted by atomic mass is 32.2. The lowest BCUT2D eigenvalue weighted by Crippen LogP contribution is -2.40. The Morgan fingerprint density at radius 1 is 1.30 bits per heavy atom. The highest BCUT2D eigenvalue weighted by Crippen LogP contribution is 2.21. The molecule has 0 aliphatic carbocycles. The standard InChI is InChI=1S/C14H23N3O2S/c1-11(2)13-8-12(10-15-3)9-14(16-13)17-4-6-20(18,19)7-5-17/h8-9,11,15H,4-7,10H2,1-3H3. The molecule has 0 spiro atoms. The van der Waals surface area contributed by atoms with Crippen LogP contribution in [0.4, 0.5) is 5.82 Å². The van der Waals surface area contributed by atoms with Crippen LogP contribution in [0.15, 0.2) is 12.1 Å². The van der Waals surface area contributed by atoms with Crippen molar-refractivity contribution in [3.05, 3.63) is 23.4 Å². The van der Waals surface area contributed by atoms with Crippen LogP contribution < -0.4 is 10.2 Å². The van der Waals surface area contributed by atoms with Gasteiger partial charge in [-0.3, -0.25) is 0 Å². The molecule has 1 aromatic rings. The van der Waals surface area contributed by atoms with Gasteiger partial charge in [0.25, 0.3) is 0 Å². The van der Waals surface area contributed by atoms with Crippen molar-refractivity contribution in [2.45, 2.75) is 26.3 Å². The first kappa shape index (κ1) is 15.3. The molecule has 1 aromatic heterocycles. The normalized spacial score (nSPS) is 18.5. The van der Waals surface area contributed by atoms with Crippen LogP contribution in [-0.2, 0) is 16.4 Å². The molecule has 1 fully saturated rings. The van der Waals surface area contributed by atoms with Crippen LogP contribution in [0.5, 0.6) is 0 Å². The lowest BCUT2D eigenvalue weighted by atomic mass is 10.1. The highest BCUT2D eigenvalue weighted by molar-refractivity contribution is 7.91. The van der Waals surface area contributed by atoms with E-state index in [1.54, 1.807) is 0 Å². The lowest BCUT2D eigenvalue weighted by molar-refractivity contribution is 0.586. The van der Waals surface area contributed by atoms with Gasteiger partial charge in [0.2, 0.25) is 0 Å². The van der Waals surface area contributed by atoms with Crippen molar-refractivity contribution in [2.75, 3.05) is 36.5 Å². The predicted octanol–water partition coefficient (Wildman–Crippen LogP) is 1.16. The zero-order valence-corrected chi connectivity index (χ0v) is 13.2. The van der Waals surface area contributed by atoms with Crippen molar-refractivity contribution in [1.82, 2.24) is 10.3 Å². The van der Waals surface area contributed by atoms with Crippen LogP contribution in [0.3, 0.4) is 0 Å². The molecule has 1 aliphatic heterocycles. The van der Waals surface area contributed by atoms with Gasteiger partial charge in [-0.25, -0.2) is 13.4 Å². The van der Waals surface area contributed by atoms with Crippen LogP contribution >= 0.6 is 0 Å². The molecule has 0 unspecified atom stereocenters. The van der Waals surface area contributed by atoms with Crippen LogP contribution in [-0.4, -0.2) is 45.0 Å². The average molecular weight is 297 g/mol. The van der Waals surface area contributed by atoms with E-state index in [0.717, 1.165) is 18.1 Å². The minimum Gasteiger partial charge on any atom is -0.355 e. The second-order valence-corrected chi connectivity index (χ2v) is 7.89. The summed E-state index contributed by atoms with van der Waals surface area (Å²) in [6, 6.07) is 4.17. The number of hydrogen-bond acceptors (Lipinski definition) is 5. The van der Waals surface area contributed by atoms with Crippen molar-refractivity contribution in [1.29, 1.82) is 0 Å². The molecule has 2 heterocycles. The summed E-state index contributed by atoms with van der Waals surface area (Å²) in [6.07, 6.45) is 0. The van der Waals surface area contributed by atoms with E-state index < -0.39 is 9.84 Å². The first-order valence-electron chi connectivity index (χ1n) is 7.02. The Bertz CT molecular complexity index is 556. The van der Waals surface area contributed by atoms with E-state index in [1.165, 1.54) is 5.56 Å². The Labute approximate surface area is 121 Å². The Morgan fingerprint density at radius 2 is 1.95 bits per heavy atom. The van der Waals surface area contributed by atoms with Gasteiger partial charge in [-0.2, -0.15) is 0 Å². The third-order valence-electron chi connectivity index (χ3n) is 3.53. The fraction of sp³-hybridized carbons (Fsp3) is 0.643. The summed E-state index contributed by atoms with van der Waals surface area (Å²) in [4.78, 5) is 6.77. The summed E-state index contributed by atoms with van der Waals surface area (Å²) in [7, 11) is -0.933. The molecule has 0 amide bonds. The molecule has 1 N–H and O–H groups in total. The Hall–Kier alpha value is -1.14. The van der Waals surface area contributed by atoms with Gasteiger partial charge in [-0.05, 0) is 30.7 Å². The molecule has 0 bridgehead atoms. The number of rotatable bonds is 4. The van der Waals surface area contributed by atoms with E-state index in [2.05, 4.69) is 41.2 Å². The number of pyridine rings is 1. The second-order valence-electron chi connectivity index (χ2n) is 5.58. The van der Waals surface area contributed by atoms with E-state index in [1.807, 2.05) is 7.05 Å². The van der Waals surface area contributed by atoms with E-state index in [-0.39, 0.29) is 11.5 Å². The average Bonchev–Trinajstić information content (AvgIpc) is 2.38. The topological polar surface area (TPSA) is 62.3 Å². The maximum atomic E-state index is 11.5. The number of nitrogens with zero attached hydrogens (tertiary/aromatic N) is 2. The quantitative estimate of drug-likeness (QED) is 0.903. The first-order valence-corrected chi connectivity index (χ1v) is 8.84. The zero-order chi connectivity index (χ0) is 14.8. The van der Waals surface area contributed by atoms with Crippen molar-refractivity contribution in [3.63, 3.8) is 0 Å². The number of aromatic nitrogens is 1. The van der Waals surface area contributed by atoms with Crippen molar-refractivity contribution in [2.24, 2.45) is 0 Å². The third kappa shape index (κ3) is 3.70. The predicted molar refractivity (Wildman–Crippen MR) is 82.0 cm³/mol. The number of hydrogen-bond donors (Lipinski definition) is 1. The molecule has 1 saturated heterocycles. The van der Waals surface area contributed by atoms with Crippen molar-refractivity contribution >= 4 is 15.7 Å². The molecule has 0 radical (unpaired) electrons. The van der Waals surface area contributed by atoms with Crippen molar-refractivity contribution < 1.29 is 8.42 Å². The largest absolute Gasteiger partial charge is 0.355 e. The summed E-state index contributed by atoms with van der Waals surface area (Å²) in [6.45, 7) is 6.11. The Balaban J connectivity index is 2.26. The van der Waals surface area contributed by atoms with Gasteiger partial charge < -0.3 is 10.2 Å². The van der Waals surface area contributed by atoms with Gasteiger partial charge in [-0.1, -0.05) is 13.8 Å². The summed E-state index contributed by atoms with van der Waals surface area (Å²) >= 11 is 0. The number of nitrogens with one attached hydrogen (secondary N) is 1. The molecule has 1 aliphatic rings. The minimum atomic E-state index is -2.85. The summed E-state index contributed by atoms with van der Waals surface area (Å²) in [5.74, 6) is 1.71. The lowest BCUT2D eigenvalue weighted by Gasteiger charge is -2.28. The zero-order valence-electron chi connectivity index (χ0n) is 12.4. The van der Waals surface area contributed by atoms with Crippen LogP contribution in [0.1, 0.15) is 31.0 Å². The van der Waals surface area contributed by atoms with Crippen LogP contribution in [0, 0.1) is 0 Å². The summed E-state index contributed by atoms with van der Waals surface area (Å²) in [5.41, 5.74) is 2.25. The molecule has 20 heavy (non-hydrogen) atoms. The molecule has 112 valence electrons. The van der Waals surface area contributed by atoms with E-state index >= 15 is 0 Å². The Morgan fingerprint density at radius 3 is 2.50 bits per heavy atom. The third-order valence-corrected chi connectivity index (χ3v) is 5.14. The molecule has 6 heteroatoms. The molecule has 0 saturated carbocycles. The second kappa shape index (κ2) is 6.10. The van der Waals surface area contributed by atoms with Crippen LogP contribution in [0.2, 0.25) is 0 Å². The Kier molecular flexibility index (Phi) is 4.65. The fourth-order valence-corrected chi connectivity index (χ4v) is 3.50. The van der Waals surface area contributed by atoms with Gasteiger partial charge >= 0.3 is 0 Å². The monoisotopic (exact) mass is 297 g/mol. The molecular formula is C14H23N3O2S. The molecule has 5 nitrogen and oxygen atoms in total. The SMILES string of the molecule is CNCc1cc(C(C)C)nc(N2CCS(=O)(=O)CC2)c1. The van der Waals surface area contributed by atoms with Gasteiger partial charge in [0, 0.05) is 25.3 Å². The van der Waals surface area contributed by atoms with E-state index in [4.69, 9.17) is 0 Å². The summed E-state index contributed by atoms with van der Waals surface area (Å²) < 4.78 is 23.0.